The van der Waals surface area contributed by atoms with Crippen molar-refractivity contribution < 1.29 is 13.3 Å². The van der Waals surface area contributed by atoms with E-state index in [0.29, 0.717) is 23.3 Å². The van der Waals surface area contributed by atoms with Gasteiger partial charge in [0.05, 0.1) is 22.8 Å². The maximum absolute atomic E-state index is 12.5. The van der Waals surface area contributed by atoms with Gasteiger partial charge in [-0.15, -0.1) is 11.3 Å². The van der Waals surface area contributed by atoms with Gasteiger partial charge in [0, 0.05) is 26.9 Å². The van der Waals surface area contributed by atoms with E-state index in [9.17, 15) is 8.42 Å². The van der Waals surface area contributed by atoms with Crippen molar-refractivity contribution in [3.05, 3.63) is 33.8 Å². The first-order chi connectivity index (χ1) is 11.3. The van der Waals surface area contributed by atoms with Gasteiger partial charge < -0.3 is 4.90 Å². The van der Waals surface area contributed by atoms with Crippen LogP contribution in [0.3, 0.4) is 0 Å². The number of aromatic nitrogens is 2. The largest absolute Gasteiger partial charge is 0.310 e. The maximum Gasteiger partial charge on any atom is 0.246 e. The van der Waals surface area contributed by atoms with Gasteiger partial charge in [0.2, 0.25) is 10.0 Å². The molecule has 1 saturated heterocycles. The second-order valence-corrected chi connectivity index (χ2v) is 9.63. The number of aryl methyl sites for hydroxylation is 1. The van der Waals surface area contributed by atoms with Gasteiger partial charge in [-0.2, -0.15) is 5.10 Å². The Morgan fingerprint density at radius 1 is 1.42 bits per heavy atom. The molecular weight excluding hydrogens is 344 g/mol. The zero-order valence-electron chi connectivity index (χ0n) is 14.6. The normalized spacial score (nSPS) is 21.7. The van der Waals surface area contributed by atoms with Gasteiger partial charge in [0.15, 0.2) is 6.67 Å². The number of thiophene rings is 1. The van der Waals surface area contributed by atoms with Crippen LogP contribution in [0.5, 0.6) is 0 Å². The number of rotatable bonds is 5. The smallest absolute Gasteiger partial charge is 0.246 e. The highest BCUT2D eigenvalue weighted by molar-refractivity contribution is 7.89. The lowest BCUT2D eigenvalue weighted by molar-refractivity contribution is -0.941. The highest BCUT2D eigenvalue weighted by Gasteiger charge is 2.33. The molecule has 132 valence electrons. The Bertz CT molecular complexity index is 810. The Morgan fingerprint density at radius 3 is 2.79 bits per heavy atom. The summed E-state index contributed by atoms with van der Waals surface area (Å²) in [7, 11) is -0.346. The van der Waals surface area contributed by atoms with Crippen LogP contribution in [0.15, 0.2) is 22.4 Å². The van der Waals surface area contributed by atoms with Crippen molar-refractivity contribution in [1.82, 2.24) is 14.1 Å². The molecule has 0 aliphatic carbocycles. The van der Waals surface area contributed by atoms with Gasteiger partial charge >= 0.3 is 0 Å². The minimum Gasteiger partial charge on any atom is -0.310 e. The fourth-order valence-corrected chi connectivity index (χ4v) is 5.69. The summed E-state index contributed by atoms with van der Waals surface area (Å²) in [5.74, 6) is 0. The lowest BCUT2D eigenvalue weighted by Gasteiger charge is -2.21. The molecule has 24 heavy (non-hydrogen) atoms. The van der Waals surface area contributed by atoms with Crippen LogP contribution in [0.4, 0.5) is 0 Å². The number of sulfonamides is 1. The predicted octanol–water partition coefficient (Wildman–Crippen LogP) is 1.19. The summed E-state index contributed by atoms with van der Waals surface area (Å²) in [5.41, 5.74) is 1.30. The van der Waals surface area contributed by atoms with Crippen molar-refractivity contribution in [1.29, 1.82) is 0 Å². The molecular formula is C16H25N4O2S2+. The van der Waals surface area contributed by atoms with Crippen LogP contribution >= 0.6 is 11.3 Å². The van der Waals surface area contributed by atoms with Gasteiger partial charge in [0.25, 0.3) is 0 Å². The molecule has 1 N–H and O–H groups in total. The van der Waals surface area contributed by atoms with Crippen LogP contribution in [-0.2, 0) is 16.7 Å². The Hall–Kier alpha value is -1.22. The van der Waals surface area contributed by atoms with Crippen LogP contribution < -0.4 is 4.90 Å². The third-order valence-corrected chi connectivity index (χ3v) is 7.83. The third kappa shape index (κ3) is 3.03. The average Bonchev–Trinajstić information content (AvgIpc) is 3.20. The van der Waals surface area contributed by atoms with E-state index in [-0.39, 0.29) is 0 Å². The lowest BCUT2D eigenvalue weighted by Crippen LogP contribution is -3.09. The second kappa shape index (κ2) is 6.59. The summed E-state index contributed by atoms with van der Waals surface area (Å²) in [6.07, 6.45) is 2.37. The molecule has 8 heteroatoms. The first-order valence-electron chi connectivity index (χ1n) is 8.17. The first kappa shape index (κ1) is 17.6. The van der Waals surface area contributed by atoms with E-state index in [4.69, 9.17) is 0 Å². The fraction of sp³-hybridized carbons (Fsp3) is 0.562. The highest BCUT2D eigenvalue weighted by Crippen LogP contribution is 2.25. The molecule has 0 saturated carbocycles. The summed E-state index contributed by atoms with van der Waals surface area (Å²) < 4.78 is 28.2. The molecule has 1 aliphatic heterocycles. The quantitative estimate of drug-likeness (QED) is 0.861. The second-order valence-electron chi connectivity index (χ2n) is 6.56. The first-order valence-corrected chi connectivity index (χ1v) is 10.5. The van der Waals surface area contributed by atoms with E-state index in [2.05, 4.69) is 22.6 Å². The van der Waals surface area contributed by atoms with E-state index in [1.807, 2.05) is 11.6 Å². The Kier molecular flexibility index (Phi) is 4.83. The molecule has 0 amide bonds. The predicted molar refractivity (Wildman–Crippen MR) is 94.7 cm³/mol. The number of hydrogen-bond donors (Lipinski definition) is 1. The van der Waals surface area contributed by atoms with Crippen molar-refractivity contribution in [2.24, 2.45) is 0 Å². The molecule has 0 radical (unpaired) electrons. The Balaban J connectivity index is 1.89. The molecule has 0 spiro atoms. The summed E-state index contributed by atoms with van der Waals surface area (Å²) in [6.45, 7) is 5.43. The zero-order valence-corrected chi connectivity index (χ0v) is 16.2. The molecule has 0 bridgehead atoms. The van der Waals surface area contributed by atoms with Crippen LogP contribution in [-0.4, -0.2) is 43.1 Å². The summed E-state index contributed by atoms with van der Waals surface area (Å²) in [5, 5.41) is 6.65. The Labute approximate surface area is 147 Å². The van der Waals surface area contributed by atoms with E-state index >= 15 is 0 Å². The topological polar surface area (TPSA) is 59.6 Å². The number of nitrogens with one attached hydrogen (secondary N) is 1. The standard InChI is InChI=1S/C16H24N4O2S2/c1-12-16(24(21,22)18(3)4)13(2)20(17-12)11-19-9-5-7-14(19)15-8-6-10-23-15/h6,8,10,14H,5,7,9,11H2,1-4H3/p+1/t14-/m1/s1. The van der Waals surface area contributed by atoms with Crippen LogP contribution in [0.25, 0.3) is 0 Å². The number of quaternary nitrogens is 1. The van der Waals surface area contributed by atoms with Crippen molar-refractivity contribution >= 4 is 21.4 Å². The molecule has 1 unspecified atom stereocenters. The van der Waals surface area contributed by atoms with Crippen LogP contribution in [0, 0.1) is 13.8 Å². The molecule has 1 aliphatic rings. The molecule has 3 rings (SSSR count). The zero-order chi connectivity index (χ0) is 17.5. The van der Waals surface area contributed by atoms with E-state index in [1.54, 1.807) is 32.4 Å². The number of nitrogens with zero attached hydrogens (tertiary/aromatic N) is 3. The monoisotopic (exact) mass is 369 g/mol. The molecule has 0 aromatic carbocycles. The Morgan fingerprint density at radius 2 is 2.17 bits per heavy atom. The van der Waals surface area contributed by atoms with Gasteiger partial charge in [-0.3, -0.25) is 0 Å². The molecule has 2 aromatic rings. The minimum atomic E-state index is -3.46. The third-order valence-electron chi connectivity index (χ3n) is 4.78. The van der Waals surface area contributed by atoms with Gasteiger partial charge in [0.1, 0.15) is 10.9 Å². The van der Waals surface area contributed by atoms with Crippen LogP contribution in [0.1, 0.15) is 35.1 Å². The number of likely N-dealkylation sites (tertiary alicyclic amines) is 1. The van der Waals surface area contributed by atoms with E-state index < -0.39 is 10.0 Å². The SMILES string of the molecule is Cc1nn(C[NH+]2CCC[C@@H]2c2cccs2)c(C)c1S(=O)(=O)N(C)C. The van der Waals surface area contributed by atoms with E-state index in [1.165, 1.54) is 26.9 Å². The minimum absolute atomic E-state index is 0.346. The fourth-order valence-electron chi connectivity index (χ4n) is 3.52. The summed E-state index contributed by atoms with van der Waals surface area (Å²) in [6, 6.07) is 4.79. The van der Waals surface area contributed by atoms with Crippen molar-refractivity contribution in [2.75, 3.05) is 20.6 Å². The lowest BCUT2D eigenvalue weighted by atomic mass is 10.2. The maximum atomic E-state index is 12.5. The van der Waals surface area contributed by atoms with Crippen LogP contribution in [0.2, 0.25) is 0 Å². The van der Waals surface area contributed by atoms with Gasteiger partial charge in [-0.1, -0.05) is 6.07 Å². The molecule has 1 fully saturated rings. The molecule has 2 aromatic heterocycles. The van der Waals surface area contributed by atoms with Gasteiger partial charge in [-0.25, -0.2) is 17.4 Å². The average molecular weight is 370 g/mol. The van der Waals surface area contributed by atoms with Crippen molar-refractivity contribution in [3.63, 3.8) is 0 Å². The molecule has 3 heterocycles. The molecule has 2 atom stereocenters. The highest BCUT2D eigenvalue weighted by atomic mass is 32.2. The summed E-state index contributed by atoms with van der Waals surface area (Å²) in [4.78, 5) is 3.21. The van der Waals surface area contributed by atoms with E-state index in [0.717, 1.165) is 12.2 Å². The molecule has 6 nitrogen and oxygen atoms in total. The van der Waals surface area contributed by atoms with Crippen molar-refractivity contribution in [2.45, 2.75) is 44.3 Å². The van der Waals surface area contributed by atoms with Crippen molar-refractivity contribution in [3.8, 4) is 0 Å². The summed E-state index contributed by atoms with van der Waals surface area (Å²) >= 11 is 1.80. The van der Waals surface area contributed by atoms with Gasteiger partial charge in [-0.05, 0) is 25.3 Å². The number of hydrogen-bond acceptors (Lipinski definition) is 4.